The number of ether oxygens (including phenoxy) is 8. The van der Waals surface area contributed by atoms with Crippen LogP contribution < -0.4 is 5.32 Å². The predicted molar refractivity (Wildman–Crippen MR) is 235 cm³/mol. The van der Waals surface area contributed by atoms with Crippen LogP contribution in [0.2, 0.25) is 0 Å². The fraction of sp³-hybridized carbons (Fsp3) is 0.853. The molecule has 0 aromatic heterocycles. The summed E-state index contributed by atoms with van der Waals surface area (Å²) in [6.07, 6.45) is -31.8. The molecule has 4 aliphatic heterocycles. The average molecular weight is 1210 g/mol. The van der Waals surface area contributed by atoms with Crippen LogP contribution in [0.4, 0.5) is 0 Å². The molecule has 0 radical (unpaired) electrons. The lowest BCUT2D eigenvalue weighted by Gasteiger charge is -2.47. The number of carboxylic acids is 2. The first-order valence-electron chi connectivity index (χ1n) is 21.7. The highest BCUT2D eigenvalue weighted by Gasteiger charge is 2.56. The number of nitrogens with zero attached hydrogens (tertiary/aromatic N) is 2. The standard InChI is InChI=1S/C34H55N3O36S4/c1-12-18(39)21(42)33(67-24(12)29(44)45)66-23-13(2)31(64-15(10-62-74-73-72-48)25(23)70-76(52,53)54)58-6-4-35-60-8-9-61-36-5-7-59-32-17(37-14(3)38)27(68-34-22(43)19(40)20(41)28(69-34)30(46)47)26(71-77(55,56)57)16(65-32)11-63-75(49,50)51/h4-5,12-13,15-28,31-34,39-43,48H,6-11H2,1-3H3,(H,37,38)(H,44,45)(H,46,47)(H,49,50,51)(H,52,53,54)(H,55,56,57)/b35-4+,36-5+/t12-,13?,15?,16?,17?,18?,19+,20-,21?,22?,23?,24?,25+,26+,27-,28?,31-,32-,33-,34-/m1/s1. The largest absolute Gasteiger partial charge is 0.479 e. The zero-order valence-electron chi connectivity index (χ0n) is 39.6. The Morgan fingerprint density at radius 3 is 1.62 bits per heavy atom. The molecule has 0 aliphatic carbocycles. The van der Waals surface area contributed by atoms with Gasteiger partial charge in [0, 0.05) is 18.8 Å². The van der Waals surface area contributed by atoms with Crippen molar-refractivity contribution in [2.24, 2.45) is 22.1 Å². The Kier molecular flexibility index (Phi) is 25.7. The van der Waals surface area contributed by atoms with Crippen LogP contribution in [0.25, 0.3) is 0 Å². The Morgan fingerprint density at radius 2 is 1.10 bits per heavy atom. The maximum atomic E-state index is 12.4. The molecule has 4 saturated heterocycles. The first-order chi connectivity index (χ1) is 35.9. The van der Waals surface area contributed by atoms with E-state index in [0.29, 0.717) is 0 Å². The highest BCUT2D eigenvalue weighted by atomic mass is 32.3. The molecule has 0 aromatic rings. The second kappa shape index (κ2) is 29.9. The monoisotopic (exact) mass is 1210 g/mol. The zero-order chi connectivity index (χ0) is 57.6. The van der Waals surface area contributed by atoms with Crippen LogP contribution >= 0.6 is 12.3 Å². The summed E-state index contributed by atoms with van der Waals surface area (Å²) in [6, 6.07) is -1.85. The molecule has 77 heavy (non-hydrogen) atoms. The number of nitrogens with one attached hydrogen (secondary N) is 1. The van der Waals surface area contributed by atoms with Crippen LogP contribution in [-0.4, -0.2) is 260 Å². The molecular formula is C34H55N3O36S4. The van der Waals surface area contributed by atoms with Crippen molar-refractivity contribution >= 4 is 73.8 Å². The fourth-order valence-corrected chi connectivity index (χ4v) is 9.17. The van der Waals surface area contributed by atoms with Gasteiger partial charge >= 0.3 is 43.1 Å². The minimum absolute atomic E-state index is 0.0281. The highest BCUT2D eigenvalue weighted by molar-refractivity contribution is 7.89. The number of carbonyl (C=O) groups is 3. The van der Waals surface area contributed by atoms with Gasteiger partial charge in [-0.3, -0.25) is 22.6 Å². The zero-order valence-corrected chi connectivity index (χ0v) is 42.9. The minimum atomic E-state index is -5.59. The number of rotatable bonds is 30. The molecule has 0 aromatic carbocycles. The molecule has 4 heterocycles. The van der Waals surface area contributed by atoms with E-state index in [2.05, 4.69) is 33.4 Å². The van der Waals surface area contributed by atoms with Crippen LogP contribution in [0, 0.1) is 11.8 Å². The van der Waals surface area contributed by atoms with Gasteiger partial charge in [-0.2, -0.15) is 25.3 Å². The number of aliphatic hydroxyl groups is 5. The number of amides is 1. The summed E-state index contributed by atoms with van der Waals surface area (Å²) in [6.45, 7) is -0.232. The Balaban J connectivity index is 1.39. The van der Waals surface area contributed by atoms with Gasteiger partial charge in [-0.25, -0.2) is 27.4 Å². The second-order valence-electron chi connectivity index (χ2n) is 16.3. The minimum Gasteiger partial charge on any atom is -0.479 e. The highest BCUT2D eigenvalue weighted by Crippen LogP contribution is 2.37. The molecule has 1 amide bonds. The molecule has 12 N–H and O–H groups in total. The summed E-state index contributed by atoms with van der Waals surface area (Å²) in [7, 11) is -16.2. The van der Waals surface area contributed by atoms with Gasteiger partial charge in [0.25, 0.3) is 0 Å². The molecule has 4 rings (SSSR count). The van der Waals surface area contributed by atoms with Crippen molar-refractivity contribution in [3.05, 3.63) is 0 Å². The van der Waals surface area contributed by atoms with Gasteiger partial charge in [0.1, 0.15) is 61.0 Å². The van der Waals surface area contributed by atoms with Crippen LogP contribution in [0.1, 0.15) is 20.8 Å². The number of oxime groups is 2. The third kappa shape index (κ3) is 20.3. The third-order valence-corrected chi connectivity index (χ3v) is 12.7. The van der Waals surface area contributed by atoms with Gasteiger partial charge in [-0.05, 0) is 0 Å². The van der Waals surface area contributed by atoms with Gasteiger partial charge in [-0.1, -0.05) is 29.2 Å². The smallest absolute Gasteiger partial charge is 0.397 e. The van der Waals surface area contributed by atoms with Crippen molar-refractivity contribution in [3.8, 4) is 0 Å². The third-order valence-electron chi connectivity index (χ3n) is 10.9. The average Bonchev–Trinajstić information content (AvgIpc) is 3.32. The molecule has 10 unspecified atom stereocenters. The summed E-state index contributed by atoms with van der Waals surface area (Å²) in [5.41, 5.74) is 0. The topological polar surface area (TPSA) is 561 Å². The Hall–Kier alpha value is -3.37. The Morgan fingerprint density at radius 1 is 0.610 bits per heavy atom. The summed E-state index contributed by atoms with van der Waals surface area (Å²) < 4.78 is 167. The maximum absolute atomic E-state index is 12.4. The SMILES string of the molecule is CC(=O)NC1[C@H](OC/C=N/OCCO/N=C/CO[C@@H]2OC(COSOOO)[C@H](OS(=O)(=O)O)C(O[C@@H]3OC(C(=O)O)[C@H](C)C(O)C3O)C2C)OC(COS(=O)(=O)O)[C@H](OS(=O)(=O)O)[C@@H]1O[C@@H]1OC(C(=O)O)[C@H](O)[C@H](O)C1O. The molecule has 39 nitrogen and oxygen atoms in total. The number of aliphatic carboxylic acids is 2. The maximum Gasteiger partial charge on any atom is 0.397 e. The molecule has 446 valence electrons. The van der Waals surface area contributed by atoms with E-state index in [-0.39, 0.29) is 25.5 Å². The molecule has 4 aliphatic rings. The lowest BCUT2D eigenvalue weighted by molar-refractivity contribution is -0.434. The van der Waals surface area contributed by atoms with E-state index in [9.17, 15) is 89.0 Å². The van der Waals surface area contributed by atoms with Gasteiger partial charge in [0.05, 0.1) is 51.1 Å². The summed E-state index contributed by atoms with van der Waals surface area (Å²) >= 11 is 0.0281. The van der Waals surface area contributed by atoms with Crippen molar-refractivity contribution in [1.29, 1.82) is 0 Å². The molecule has 20 atom stereocenters. The predicted octanol–water partition coefficient (Wildman–Crippen LogP) is -6.36. The molecule has 4 fully saturated rings. The number of aliphatic hydroxyl groups excluding tert-OH is 5. The van der Waals surface area contributed by atoms with Crippen LogP contribution in [0.5, 0.6) is 0 Å². The van der Waals surface area contributed by atoms with Crippen LogP contribution in [-0.2, 0) is 119 Å². The molecule has 0 saturated carbocycles. The van der Waals surface area contributed by atoms with Gasteiger partial charge in [-0.15, -0.1) is 4.33 Å². The number of hydrogen-bond acceptors (Lipinski definition) is 34. The molecular weight excluding hydrogens is 1150 g/mol. The first-order valence-corrected chi connectivity index (χ1v) is 26.5. The lowest BCUT2D eigenvalue weighted by Crippen LogP contribution is -2.69. The van der Waals surface area contributed by atoms with Crippen LogP contribution in [0.15, 0.2) is 10.3 Å². The summed E-state index contributed by atoms with van der Waals surface area (Å²) in [5.74, 6) is -6.66. The van der Waals surface area contributed by atoms with Crippen molar-refractivity contribution in [2.75, 3.05) is 39.6 Å². The first kappa shape index (κ1) is 66.1. The lowest BCUT2D eigenvalue weighted by atomic mass is 9.89. The van der Waals surface area contributed by atoms with E-state index in [1.807, 2.05) is 0 Å². The van der Waals surface area contributed by atoms with E-state index < -0.39 is 198 Å². The number of hydrogen-bond donors (Lipinski definition) is 12. The molecule has 43 heteroatoms. The Labute approximate surface area is 439 Å². The van der Waals surface area contributed by atoms with Gasteiger partial charge in [0.15, 0.2) is 62.9 Å². The van der Waals surface area contributed by atoms with Crippen molar-refractivity contribution in [2.45, 2.75) is 131 Å². The normalized spacial score (nSPS) is 36.4. The molecule has 0 spiro atoms. The Bertz CT molecular complexity index is 2300. The van der Waals surface area contributed by atoms with E-state index >= 15 is 0 Å². The fourth-order valence-electron chi connectivity index (χ4n) is 7.58. The summed E-state index contributed by atoms with van der Waals surface area (Å²) in [4.78, 5) is 46.1. The second-order valence-corrected chi connectivity index (χ2v) is 20.0. The van der Waals surface area contributed by atoms with Gasteiger partial charge in [0.2, 0.25) is 5.91 Å². The van der Waals surface area contributed by atoms with E-state index in [1.165, 1.54) is 13.8 Å². The quantitative estimate of drug-likeness (QED) is 0.00795. The molecule has 0 bridgehead atoms. The van der Waals surface area contributed by atoms with Gasteiger partial charge < -0.3 is 88.6 Å². The van der Waals surface area contributed by atoms with E-state index in [4.69, 9.17) is 61.2 Å². The summed E-state index contributed by atoms with van der Waals surface area (Å²) in [5, 5.41) is 92.8. The number of carbonyl (C=O) groups excluding carboxylic acids is 1. The van der Waals surface area contributed by atoms with Crippen molar-refractivity contribution in [3.63, 3.8) is 0 Å². The van der Waals surface area contributed by atoms with Crippen LogP contribution in [0.3, 0.4) is 0 Å². The number of carboxylic acid groups (broad SMARTS) is 2. The van der Waals surface area contributed by atoms with Crippen molar-refractivity contribution in [1.82, 2.24) is 5.32 Å². The van der Waals surface area contributed by atoms with Crippen molar-refractivity contribution < 1.29 is 168 Å². The van der Waals surface area contributed by atoms with E-state index in [1.54, 1.807) is 0 Å². The van der Waals surface area contributed by atoms with E-state index in [0.717, 1.165) is 19.4 Å².